The predicted molar refractivity (Wildman–Crippen MR) is 103 cm³/mol. The van der Waals surface area contributed by atoms with Crippen LogP contribution in [0.4, 0.5) is 23.4 Å². The van der Waals surface area contributed by atoms with Gasteiger partial charge < -0.3 is 4.90 Å². The molecule has 1 aromatic carbocycles. The zero-order chi connectivity index (χ0) is 20.6. The molecule has 0 radical (unpaired) electrons. The van der Waals surface area contributed by atoms with E-state index in [0.717, 1.165) is 17.8 Å². The second-order valence-corrected chi connectivity index (χ2v) is 7.30. The number of rotatable bonds is 3. The summed E-state index contributed by atoms with van der Waals surface area (Å²) in [6.07, 6.45) is -2.02. The van der Waals surface area contributed by atoms with Crippen LogP contribution in [0.5, 0.6) is 0 Å². The molecule has 0 bridgehead atoms. The average Bonchev–Trinajstić information content (AvgIpc) is 2.70. The van der Waals surface area contributed by atoms with Gasteiger partial charge in [-0.1, -0.05) is 17.7 Å². The second kappa shape index (κ2) is 7.76. The van der Waals surface area contributed by atoms with Crippen molar-refractivity contribution in [2.75, 3.05) is 31.1 Å². The fraction of sp³-hybridized carbons (Fsp3) is 0.300. The van der Waals surface area contributed by atoms with Crippen molar-refractivity contribution in [1.82, 2.24) is 14.9 Å². The van der Waals surface area contributed by atoms with Crippen LogP contribution in [0.3, 0.4) is 0 Å². The Morgan fingerprint density at radius 1 is 1.03 bits per heavy atom. The van der Waals surface area contributed by atoms with E-state index in [4.69, 9.17) is 11.6 Å². The van der Waals surface area contributed by atoms with Crippen molar-refractivity contribution in [3.63, 3.8) is 0 Å². The minimum atomic E-state index is -4.47. The zero-order valence-corrected chi connectivity index (χ0v) is 16.0. The number of anilines is 1. The van der Waals surface area contributed by atoms with Gasteiger partial charge in [-0.2, -0.15) is 13.2 Å². The molecule has 1 saturated heterocycles. The summed E-state index contributed by atoms with van der Waals surface area (Å²) in [7, 11) is 0. The minimum absolute atomic E-state index is 0.0120. The van der Waals surface area contributed by atoms with Crippen LogP contribution in [0.25, 0.3) is 10.9 Å². The molecule has 0 aliphatic carbocycles. The first-order valence-corrected chi connectivity index (χ1v) is 9.43. The molecule has 0 saturated carbocycles. The van der Waals surface area contributed by atoms with E-state index in [9.17, 15) is 17.6 Å². The summed E-state index contributed by atoms with van der Waals surface area (Å²) >= 11 is 6.05. The van der Waals surface area contributed by atoms with Crippen molar-refractivity contribution in [2.24, 2.45) is 0 Å². The Balaban J connectivity index is 1.45. The molecule has 3 heterocycles. The quantitative estimate of drug-likeness (QED) is 0.567. The van der Waals surface area contributed by atoms with Crippen molar-refractivity contribution >= 4 is 28.3 Å². The van der Waals surface area contributed by atoms with Gasteiger partial charge in [-0.05, 0) is 29.8 Å². The molecule has 1 fully saturated rings. The van der Waals surface area contributed by atoms with Crippen molar-refractivity contribution in [2.45, 2.75) is 12.7 Å². The Morgan fingerprint density at radius 2 is 1.79 bits per heavy atom. The van der Waals surface area contributed by atoms with Crippen LogP contribution in [0.15, 0.2) is 42.7 Å². The zero-order valence-electron chi connectivity index (χ0n) is 15.3. The molecule has 0 amide bonds. The summed E-state index contributed by atoms with van der Waals surface area (Å²) in [6, 6.07) is 7.51. The number of fused-ring (bicyclic) bond motifs is 1. The number of pyridine rings is 2. The molecule has 0 unspecified atom stereocenters. The number of nitrogens with zero attached hydrogens (tertiary/aromatic N) is 4. The lowest BCUT2D eigenvalue weighted by Gasteiger charge is -2.36. The first kappa shape index (κ1) is 19.8. The third-order valence-electron chi connectivity index (χ3n) is 5.01. The summed E-state index contributed by atoms with van der Waals surface area (Å²) in [4.78, 5) is 12.3. The lowest BCUT2D eigenvalue weighted by atomic mass is 10.1. The van der Waals surface area contributed by atoms with Crippen molar-refractivity contribution in [1.29, 1.82) is 0 Å². The standard InChI is InChI=1S/C20H17ClF4N4/c21-16-10-14(20(23,24)25)11-27-19(16)29-8-6-28(7-9-29)12-13-3-4-17(22)15-2-1-5-26-18(13)15/h1-5,10-11H,6-9,12H2. The number of benzene rings is 1. The van der Waals surface area contributed by atoms with Crippen LogP contribution >= 0.6 is 11.6 Å². The molecule has 1 aliphatic rings. The lowest BCUT2D eigenvalue weighted by molar-refractivity contribution is -0.137. The number of aromatic nitrogens is 2. The number of piperazine rings is 1. The van der Waals surface area contributed by atoms with Crippen molar-refractivity contribution in [3.8, 4) is 0 Å². The second-order valence-electron chi connectivity index (χ2n) is 6.90. The molecular formula is C20H17ClF4N4. The van der Waals surface area contributed by atoms with Crippen LogP contribution in [0.2, 0.25) is 5.02 Å². The largest absolute Gasteiger partial charge is 0.417 e. The Hall–Kier alpha value is -2.45. The van der Waals surface area contributed by atoms with E-state index in [1.54, 1.807) is 24.4 Å². The number of hydrogen-bond acceptors (Lipinski definition) is 4. The molecule has 0 atom stereocenters. The third-order valence-corrected chi connectivity index (χ3v) is 5.29. The van der Waals surface area contributed by atoms with Gasteiger partial charge in [-0.25, -0.2) is 9.37 Å². The maximum atomic E-state index is 14.0. The van der Waals surface area contributed by atoms with E-state index in [2.05, 4.69) is 14.9 Å². The maximum absolute atomic E-state index is 14.0. The number of hydrogen-bond donors (Lipinski definition) is 0. The highest BCUT2D eigenvalue weighted by atomic mass is 35.5. The van der Waals surface area contributed by atoms with E-state index in [1.807, 2.05) is 4.90 Å². The van der Waals surface area contributed by atoms with Crippen LogP contribution < -0.4 is 4.90 Å². The topological polar surface area (TPSA) is 32.3 Å². The van der Waals surface area contributed by atoms with Gasteiger partial charge in [0.25, 0.3) is 0 Å². The van der Waals surface area contributed by atoms with Crippen LogP contribution in [-0.4, -0.2) is 41.0 Å². The summed E-state index contributed by atoms with van der Waals surface area (Å²) in [5, 5.41) is 0.478. The van der Waals surface area contributed by atoms with E-state index >= 15 is 0 Å². The smallest absolute Gasteiger partial charge is 0.353 e. The number of halogens is 5. The molecule has 9 heteroatoms. The molecule has 2 aromatic heterocycles. The Morgan fingerprint density at radius 3 is 2.48 bits per heavy atom. The molecule has 1 aliphatic heterocycles. The SMILES string of the molecule is Fc1ccc(CN2CCN(c3ncc(C(F)(F)F)cc3Cl)CC2)c2ncccc12. The minimum Gasteiger partial charge on any atom is -0.353 e. The van der Waals surface area contributed by atoms with Crippen molar-refractivity contribution < 1.29 is 17.6 Å². The maximum Gasteiger partial charge on any atom is 0.417 e. The van der Waals surface area contributed by atoms with E-state index in [-0.39, 0.29) is 10.8 Å². The van der Waals surface area contributed by atoms with Gasteiger partial charge in [0, 0.05) is 50.5 Å². The highest BCUT2D eigenvalue weighted by molar-refractivity contribution is 6.33. The van der Waals surface area contributed by atoms with Crippen LogP contribution in [-0.2, 0) is 12.7 Å². The van der Waals surface area contributed by atoms with Crippen LogP contribution in [0, 0.1) is 5.82 Å². The summed E-state index contributed by atoms with van der Waals surface area (Å²) < 4.78 is 52.3. The van der Waals surface area contributed by atoms with Gasteiger partial charge in [-0.15, -0.1) is 0 Å². The van der Waals surface area contributed by atoms with E-state index in [0.29, 0.717) is 49.4 Å². The van der Waals surface area contributed by atoms with Gasteiger partial charge >= 0.3 is 6.18 Å². The molecule has 4 rings (SSSR count). The Labute approximate surface area is 169 Å². The lowest BCUT2D eigenvalue weighted by Crippen LogP contribution is -2.46. The van der Waals surface area contributed by atoms with Gasteiger partial charge in [0.1, 0.15) is 11.6 Å². The number of alkyl halides is 3. The van der Waals surface area contributed by atoms with E-state index < -0.39 is 11.7 Å². The molecule has 3 aromatic rings. The highest BCUT2D eigenvalue weighted by Gasteiger charge is 2.32. The average molecular weight is 425 g/mol. The van der Waals surface area contributed by atoms with Crippen molar-refractivity contribution in [3.05, 3.63) is 64.7 Å². The van der Waals surface area contributed by atoms with Gasteiger partial charge in [0.15, 0.2) is 0 Å². The molecule has 152 valence electrons. The predicted octanol–water partition coefficient (Wildman–Crippen LogP) is 4.76. The summed E-state index contributed by atoms with van der Waals surface area (Å²) in [5.74, 6) is 0.0536. The first-order valence-electron chi connectivity index (χ1n) is 9.05. The van der Waals surface area contributed by atoms with Gasteiger partial charge in [0.2, 0.25) is 0 Å². The summed E-state index contributed by atoms with van der Waals surface area (Å²) in [6.45, 7) is 3.10. The van der Waals surface area contributed by atoms with Crippen LogP contribution in [0.1, 0.15) is 11.1 Å². The first-order chi connectivity index (χ1) is 13.8. The molecule has 0 spiro atoms. The third kappa shape index (κ3) is 4.13. The Bertz CT molecular complexity index is 1030. The van der Waals surface area contributed by atoms with E-state index in [1.165, 1.54) is 6.07 Å². The van der Waals surface area contributed by atoms with Gasteiger partial charge in [-0.3, -0.25) is 9.88 Å². The monoisotopic (exact) mass is 424 g/mol. The fourth-order valence-corrected chi connectivity index (χ4v) is 3.79. The molecule has 29 heavy (non-hydrogen) atoms. The normalized spacial score (nSPS) is 15.8. The Kier molecular flexibility index (Phi) is 5.31. The van der Waals surface area contributed by atoms with Gasteiger partial charge in [0.05, 0.1) is 16.1 Å². The highest BCUT2D eigenvalue weighted by Crippen LogP contribution is 2.33. The fourth-order valence-electron chi connectivity index (χ4n) is 3.50. The summed E-state index contributed by atoms with van der Waals surface area (Å²) in [5.41, 5.74) is 0.712. The molecular weight excluding hydrogens is 408 g/mol. The molecule has 4 nitrogen and oxygen atoms in total. The molecule has 0 N–H and O–H groups in total.